The summed E-state index contributed by atoms with van der Waals surface area (Å²) in [5, 5.41) is 13.6. The second kappa shape index (κ2) is 9.56. The number of nitrogens with one attached hydrogen (secondary N) is 1. The van der Waals surface area contributed by atoms with Crippen LogP contribution in [0.4, 0.5) is 0 Å². The Labute approximate surface area is 199 Å². The van der Waals surface area contributed by atoms with Crippen molar-refractivity contribution in [3.63, 3.8) is 0 Å². The predicted molar refractivity (Wildman–Crippen MR) is 130 cm³/mol. The molecule has 10 heteroatoms. The molecule has 1 aliphatic carbocycles. The Bertz CT molecular complexity index is 1320. The first kappa shape index (κ1) is 22.0. The van der Waals surface area contributed by atoms with Crippen molar-refractivity contribution in [1.29, 1.82) is 0 Å². The van der Waals surface area contributed by atoms with Gasteiger partial charge in [0.05, 0.1) is 25.4 Å². The van der Waals surface area contributed by atoms with Crippen molar-refractivity contribution < 1.29 is 14.3 Å². The number of carbonyl (C=O) groups excluding carboxylic acids is 1. The average Bonchev–Trinajstić information content (AvgIpc) is 3.43. The van der Waals surface area contributed by atoms with E-state index in [4.69, 9.17) is 9.47 Å². The highest BCUT2D eigenvalue weighted by Gasteiger charge is 2.21. The topological polar surface area (TPSA) is 90.6 Å². The van der Waals surface area contributed by atoms with Crippen LogP contribution < -0.4 is 14.8 Å². The number of methoxy groups -OCH3 is 2. The summed E-state index contributed by atoms with van der Waals surface area (Å²) in [6, 6.07) is 5.78. The molecule has 0 unspecified atom stereocenters. The number of amides is 1. The highest BCUT2D eigenvalue weighted by molar-refractivity contribution is 7.99. The summed E-state index contributed by atoms with van der Waals surface area (Å²) in [5.74, 6) is 1.60. The highest BCUT2D eigenvalue weighted by Crippen LogP contribution is 2.37. The number of hydrogen-bond donors (Lipinski definition) is 1. The molecule has 0 spiro atoms. The van der Waals surface area contributed by atoms with Gasteiger partial charge in [0.2, 0.25) is 5.91 Å². The van der Waals surface area contributed by atoms with Crippen LogP contribution in [0.3, 0.4) is 0 Å². The molecule has 3 heterocycles. The summed E-state index contributed by atoms with van der Waals surface area (Å²) in [7, 11) is 3.23. The van der Waals surface area contributed by atoms with Crippen LogP contribution in [0.2, 0.25) is 0 Å². The third-order valence-corrected chi connectivity index (χ3v) is 7.99. The van der Waals surface area contributed by atoms with Gasteiger partial charge in [0.15, 0.2) is 22.3 Å². The molecule has 5 rings (SSSR count). The van der Waals surface area contributed by atoms with Gasteiger partial charge in [-0.15, -0.1) is 21.5 Å². The van der Waals surface area contributed by atoms with Crippen LogP contribution in [-0.4, -0.2) is 52.0 Å². The third-order valence-electron chi connectivity index (χ3n) is 5.85. The number of carbonyl (C=O) groups is 1. The maximum atomic E-state index is 12.4. The van der Waals surface area contributed by atoms with E-state index in [9.17, 15) is 4.79 Å². The number of ether oxygens (including phenoxy) is 2. The minimum atomic E-state index is -0.0424. The van der Waals surface area contributed by atoms with Crippen molar-refractivity contribution in [2.24, 2.45) is 0 Å². The second-order valence-electron chi connectivity index (χ2n) is 7.89. The monoisotopic (exact) mass is 483 g/mol. The lowest BCUT2D eigenvalue weighted by Gasteiger charge is -2.10. The minimum absolute atomic E-state index is 0.0424. The second-order valence-corrected chi connectivity index (χ2v) is 9.92. The van der Waals surface area contributed by atoms with Gasteiger partial charge in [-0.1, -0.05) is 17.8 Å². The Morgan fingerprint density at radius 2 is 2.03 bits per heavy atom. The Morgan fingerprint density at radius 1 is 1.18 bits per heavy atom. The van der Waals surface area contributed by atoms with E-state index >= 15 is 0 Å². The molecule has 0 aliphatic heterocycles. The maximum Gasteiger partial charge on any atom is 0.230 e. The van der Waals surface area contributed by atoms with Crippen LogP contribution in [0, 0.1) is 0 Å². The zero-order chi connectivity index (χ0) is 22.8. The SMILES string of the molecule is COc1ccc(CCNC(=O)CSc2nnc3c4c5c(sc4ncn23)CCCC5)cc1OC. The normalized spacial score (nSPS) is 13.3. The molecule has 0 saturated heterocycles. The number of thioether (sulfide) groups is 1. The van der Waals surface area contributed by atoms with Crippen LogP contribution in [0.15, 0.2) is 29.7 Å². The van der Waals surface area contributed by atoms with Crippen molar-refractivity contribution in [2.75, 3.05) is 26.5 Å². The summed E-state index contributed by atoms with van der Waals surface area (Å²) >= 11 is 3.15. The van der Waals surface area contributed by atoms with Gasteiger partial charge in [-0.25, -0.2) is 4.98 Å². The number of rotatable bonds is 8. The summed E-state index contributed by atoms with van der Waals surface area (Å²) < 4.78 is 12.5. The van der Waals surface area contributed by atoms with Gasteiger partial charge in [-0.05, 0) is 55.4 Å². The Morgan fingerprint density at radius 3 is 2.88 bits per heavy atom. The number of aromatic nitrogens is 4. The summed E-state index contributed by atoms with van der Waals surface area (Å²) in [4.78, 5) is 19.5. The van der Waals surface area contributed by atoms with E-state index < -0.39 is 0 Å². The van der Waals surface area contributed by atoms with Gasteiger partial charge < -0.3 is 14.8 Å². The van der Waals surface area contributed by atoms with E-state index in [2.05, 4.69) is 20.5 Å². The molecular weight excluding hydrogens is 458 g/mol. The number of thiophene rings is 1. The molecule has 3 aromatic heterocycles. The molecule has 0 atom stereocenters. The van der Waals surface area contributed by atoms with Gasteiger partial charge in [0, 0.05) is 11.4 Å². The first-order valence-corrected chi connectivity index (χ1v) is 12.7. The molecule has 33 heavy (non-hydrogen) atoms. The quantitative estimate of drug-likeness (QED) is 0.382. The molecule has 0 saturated carbocycles. The van der Waals surface area contributed by atoms with E-state index in [1.54, 1.807) is 31.9 Å². The van der Waals surface area contributed by atoms with Crippen LogP contribution in [-0.2, 0) is 24.1 Å². The highest BCUT2D eigenvalue weighted by atomic mass is 32.2. The summed E-state index contributed by atoms with van der Waals surface area (Å²) in [6.07, 6.45) is 7.13. The first-order valence-electron chi connectivity index (χ1n) is 10.9. The first-order chi connectivity index (χ1) is 16.2. The van der Waals surface area contributed by atoms with Crippen molar-refractivity contribution >= 4 is 44.9 Å². The molecule has 8 nitrogen and oxygen atoms in total. The van der Waals surface area contributed by atoms with E-state index in [1.165, 1.54) is 35.0 Å². The fourth-order valence-electron chi connectivity index (χ4n) is 4.20. The maximum absolute atomic E-state index is 12.4. The molecule has 1 aromatic carbocycles. The largest absolute Gasteiger partial charge is 0.493 e. The van der Waals surface area contributed by atoms with Gasteiger partial charge >= 0.3 is 0 Å². The number of benzene rings is 1. The Hall–Kier alpha value is -2.85. The molecule has 0 fully saturated rings. The zero-order valence-electron chi connectivity index (χ0n) is 18.6. The van der Waals surface area contributed by atoms with Crippen molar-refractivity contribution in [3.8, 4) is 11.5 Å². The number of fused-ring (bicyclic) bond motifs is 5. The van der Waals surface area contributed by atoms with Gasteiger partial charge in [0.25, 0.3) is 0 Å². The van der Waals surface area contributed by atoms with Crippen LogP contribution in [0.5, 0.6) is 11.5 Å². The van der Waals surface area contributed by atoms with E-state index in [1.807, 2.05) is 22.6 Å². The Balaban J connectivity index is 1.21. The fourth-order valence-corrected chi connectivity index (χ4v) is 6.15. The average molecular weight is 484 g/mol. The number of hydrogen-bond acceptors (Lipinski definition) is 8. The van der Waals surface area contributed by atoms with E-state index in [0.717, 1.165) is 34.3 Å². The van der Waals surface area contributed by atoms with E-state index in [0.29, 0.717) is 29.6 Å². The van der Waals surface area contributed by atoms with Crippen molar-refractivity contribution in [1.82, 2.24) is 24.9 Å². The molecule has 1 N–H and O–H groups in total. The fraction of sp³-hybridized carbons (Fsp3) is 0.391. The standard InChI is InChI=1S/C23H25N5O3S2/c1-30-16-8-7-14(11-17(16)31-2)9-10-24-19(29)12-32-23-27-26-21-20-15-5-3-4-6-18(15)33-22(20)25-13-28(21)23/h7-8,11,13H,3-6,9-10,12H2,1-2H3,(H,24,29). The molecule has 4 aromatic rings. The van der Waals surface area contributed by atoms with Crippen LogP contribution in [0.25, 0.3) is 15.9 Å². The zero-order valence-corrected chi connectivity index (χ0v) is 20.2. The van der Waals surface area contributed by atoms with Crippen LogP contribution in [0.1, 0.15) is 28.8 Å². The van der Waals surface area contributed by atoms with Crippen molar-refractivity contribution in [3.05, 3.63) is 40.5 Å². The molecule has 1 amide bonds. The molecule has 0 bridgehead atoms. The van der Waals surface area contributed by atoms with E-state index in [-0.39, 0.29) is 11.7 Å². The minimum Gasteiger partial charge on any atom is -0.493 e. The third kappa shape index (κ3) is 4.37. The summed E-state index contributed by atoms with van der Waals surface area (Å²) in [5.41, 5.74) is 3.30. The molecule has 172 valence electrons. The van der Waals surface area contributed by atoms with Gasteiger partial charge in [-0.2, -0.15) is 0 Å². The molecule has 0 radical (unpaired) electrons. The summed E-state index contributed by atoms with van der Waals surface area (Å²) in [6.45, 7) is 0.540. The predicted octanol–water partition coefficient (Wildman–Crippen LogP) is 3.69. The van der Waals surface area contributed by atoms with Crippen LogP contribution >= 0.6 is 23.1 Å². The van der Waals surface area contributed by atoms with Crippen molar-refractivity contribution in [2.45, 2.75) is 37.3 Å². The lowest BCUT2D eigenvalue weighted by atomic mass is 9.97. The molecule has 1 aliphatic rings. The number of nitrogens with zero attached hydrogens (tertiary/aromatic N) is 4. The smallest absolute Gasteiger partial charge is 0.230 e. The van der Waals surface area contributed by atoms with Gasteiger partial charge in [-0.3, -0.25) is 9.20 Å². The lowest BCUT2D eigenvalue weighted by Crippen LogP contribution is -2.27. The number of aryl methyl sites for hydroxylation is 2. The Kier molecular flexibility index (Phi) is 6.37. The lowest BCUT2D eigenvalue weighted by molar-refractivity contribution is -0.118. The molecular formula is C23H25N5O3S2. The van der Waals surface area contributed by atoms with Gasteiger partial charge in [0.1, 0.15) is 11.2 Å².